The summed E-state index contributed by atoms with van der Waals surface area (Å²) in [5.74, 6) is 0.907. The van der Waals surface area contributed by atoms with Gasteiger partial charge in [0.2, 0.25) is 0 Å². The summed E-state index contributed by atoms with van der Waals surface area (Å²) in [7, 11) is 1.53. The third-order valence-corrected chi connectivity index (χ3v) is 4.15. The summed E-state index contributed by atoms with van der Waals surface area (Å²) in [6, 6.07) is 0. The van der Waals surface area contributed by atoms with Crippen molar-refractivity contribution in [3.8, 4) is 0 Å². The zero-order chi connectivity index (χ0) is 13.2. The average Bonchev–Trinajstić information content (AvgIpc) is 2.74. The number of rotatable bonds is 4. The molecule has 102 valence electrons. The number of nitrogens with zero attached hydrogens (tertiary/aromatic N) is 3. The summed E-state index contributed by atoms with van der Waals surface area (Å²) in [4.78, 5) is 0. The molecule has 1 aliphatic heterocycles. The Hall–Kier alpha value is -0.660. The van der Waals surface area contributed by atoms with Gasteiger partial charge in [-0.25, -0.2) is 8.42 Å². The molecule has 0 radical (unpaired) electrons. The summed E-state index contributed by atoms with van der Waals surface area (Å²) in [6.07, 6.45) is 2.47. The van der Waals surface area contributed by atoms with Gasteiger partial charge in [-0.1, -0.05) is 6.92 Å². The lowest BCUT2D eigenvalue weighted by atomic mass is 9.99. The van der Waals surface area contributed by atoms with E-state index in [4.69, 9.17) is 15.4 Å². The van der Waals surface area contributed by atoms with Gasteiger partial charge in [-0.2, -0.15) is 0 Å². The molecule has 0 N–H and O–H groups in total. The molecule has 0 aliphatic carbocycles. The number of aromatic nitrogens is 3. The van der Waals surface area contributed by atoms with Gasteiger partial charge in [0.15, 0.2) is 0 Å². The SMILES string of the molecule is CCCn1c(C2CCOCC2)nnc1S(=O)(=O)Cl. The highest BCUT2D eigenvalue weighted by Crippen LogP contribution is 2.27. The van der Waals surface area contributed by atoms with E-state index in [1.807, 2.05) is 6.92 Å². The zero-order valence-corrected chi connectivity index (χ0v) is 11.7. The second kappa shape index (κ2) is 5.54. The molecule has 2 rings (SSSR count). The van der Waals surface area contributed by atoms with Gasteiger partial charge < -0.3 is 9.30 Å². The Morgan fingerprint density at radius 1 is 1.39 bits per heavy atom. The highest BCUT2D eigenvalue weighted by atomic mass is 35.7. The minimum absolute atomic E-state index is 0.146. The first-order valence-corrected chi connectivity index (χ1v) is 8.30. The van der Waals surface area contributed by atoms with Crippen molar-refractivity contribution >= 4 is 19.7 Å². The monoisotopic (exact) mass is 293 g/mol. The number of hydrogen-bond donors (Lipinski definition) is 0. The number of ether oxygens (including phenoxy) is 1. The van der Waals surface area contributed by atoms with Crippen molar-refractivity contribution in [3.63, 3.8) is 0 Å². The van der Waals surface area contributed by atoms with Crippen molar-refractivity contribution < 1.29 is 13.2 Å². The molecule has 0 bridgehead atoms. The highest BCUT2D eigenvalue weighted by Gasteiger charge is 2.27. The number of hydrogen-bond acceptors (Lipinski definition) is 5. The largest absolute Gasteiger partial charge is 0.381 e. The third kappa shape index (κ3) is 2.84. The lowest BCUT2D eigenvalue weighted by molar-refractivity contribution is 0.0826. The topological polar surface area (TPSA) is 74.1 Å². The summed E-state index contributed by atoms with van der Waals surface area (Å²) in [5.41, 5.74) is 0. The quantitative estimate of drug-likeness (QED) is 0.787. The molecule has 1 fully saturated rings. The number of halogens is 1. The van der Waals surface area contributed by atoms with E-state index < -0.39 is 9.05 Å². The second-order valence-electron chi connectivity index (χ2n) is 4.32. The van der Waals surface area contributed by atoms with Crippen LogP contribution in [0.4, 0.5) is 0 Å². The highest BCUT2D eigenvalue weighted by molar-refractivity contribution is 8.13. The van der Waals surface area contributed by atoms with Crippen LogP contribution >= 0.6 is 10.7 Å². The van der Waals surface area contributed by atoms with E-state index in [0.29, 0.717) is 25.6 Å². The molecular formula is C10H16ClN3O3S. The fourth-order valence-electron chi connectivity index (χ4n) is 2.17. The van der Waals surface area contributed by atoms with Gasteiger partial charge in [0, 0.05) is 36.4 Å². The molecule has 1 aromatic heterocycles. The molecule has 0 atom stereocenters. The summed E-state index contributed by atoms with van der Waals surface area (Å²) in [5, 5.41) is 7.61. The maximum Gasteiger partial charge on any atom is 0.296 e. The molecular weight excluding hydrogens is 278 g/mol. The minimum atomic E-state index is -3.84. The van der Waals surface area contributed by atoms with E-state index in [9.17, 15) is 8.42 Å². The van der Waals surface area contributed by atoms with Crippen LogP contribution in [0.3, 0.4) is 0 Å². The maximum atomic E-state index is 11.4. The zero-order valence-electron chi connectivity index (χ0n) is 10.2. The van der Waals surface area contributed by atoms with Gasteiger partial charge in [0.05, 0.1) is 0 Å². The molecule has 8 heteroatoms. The Bertz CT molecular complexity index is 508. The fourth-order valence-corrected chi connectivity index (χ4v) is 3.10. The van der Waals surface area contributed by atoms with E-state index >= 15 is 0 Å². The van der Waals surface area contributed by atoms with Gasteiger partial charge in [0.25, 0.3) is 14.2 Å². The molecule has 0 saturated carbocycles. The van der Waals surface area contributed by atoms with Crippen LogP contribution in [0.2, 0.25) is 0 Å². The molecule has 0 amide bonds. The van der Waals surface area contributed by atoms with Crippen molar-refractivity contribution in [2.45, 2.75) is 43.8 Å². The van der Waals surface area contributed by atoms with Crippen molar-refractivity contribution in [2.24, 2.45) is 0 Å². The maximum absolute atomic E-state index is 11.4. The van der Waals surface area contributed by atoms with Crippen LogP contribution < -0.4 is 0 Å². The predicted octanol–water partition coefficient (Wildman–Crippen LogP) is 1.51. The van der Waals surface area contributed by atoms with Gasteiger partial charge in [-0.15, -0.1) is 10.2 Å². The smallest absolute Gasteiger partial charge is 0.296 e. The first-order chi connectivity index (χ1) is 8.54. The second-order valence-corrected chi connectivity index (χ2v) is 6.78. The van der Waals surface area contributed by atoms with E-state index in [-0.39, 0.29) is 11.1 Å². The predicted molar refractivity (Wildman–Crippen MR) is 66.1 cm³/mol. The normalized spacial score (nSPS) is 18.1. The molecule has 6 nitrogen and oxygen atoms in total. The lowest BCUT2D eigenvalue weighted by Gasteiger charge is -2.21. The van der Waals surface area contributed by atoms with Gasteiger partial charge in [-0.05, 0) is 19.3 Å². The molecule has 0 spiro atoms. The van der Waals surface area contributed by atoms with Crippen LogP contribution in [-0.2, 0) is 20.3 Å². The Balaban J connectivity index is 2.38. The minimum Gasteiger partial charge on any atom is -0.381 e. The molecule has 0 unspecified atom stereocenters. The van der Waals surface area contributed by atoms with Crippen molar-refractivity contribution in [1.82, 2.24) is 14.8 Å². The van der Waals surface area contributed by atoms with Crippen LogP contribution in [0, 0.1) is 0 Å². The molecule has 1 saturated heterocycles. The van der Waals surface area contributed by atoms with Crippen molar-refractivity contribution in [2.75, 3.05) is 13.2 Å². The van der Waals surface area contributed by atoms with E-state index in [1.165, 1.54) is 0 Å². The van der Waals surface area contributed by atoms with Crippen LogP contribution in [-0.4, -0.2) is 36.4 Å². The summed E-state index contributed by atoms with van der Waals surface area (Å²) < 4.78 is 29.8. The Morgan fingerprint density at radius 2 is 2.06 bits per heavy atom. The molecule has 1 aliphatic rings. The molecule has 2 heterocycles. The average molecular weight is 294 g/mol. The van der Waals surface area contributed by atoms with Crippen molar-refractivity contribution in [1.29, 1.82) is 0 Å². The van der Waals surface area contributed by atoms with E-state index in [0.717, 1.165) is 19.3 Å². The van der Waals surface area contributed by atoms with Crippen LogP contribution in [0.15, 0.2) is 5.16 Å². The van der Waals surface area contributed by atoms with Gasteiger partial charge in [0.1, 0.15) is 5.82 Å². The standard InChI is InChI=1S/C10H16ClN3O3S/c1-2-5-14-9(8-3-6-17-7-4-8)12-13-10(14)18(11,15)16/h8H,2-7H2,1H3. The van der Waals surface area contributed by atoms with Crippen LogP contribution in [0.5, 0.6) is 0 Å². The van der Waals surface area contributed by atoms with Crippen LogP contribution in [0.25, 0.3) is 0 Å². The Morgan fingerprint density at radius 3 is 2.61 bits per heavy atom. The van der Waals surface area contributed by atoms with E-state index in [1.54, 1.807) is 4.57 Å². The van der Waals surface area contributed by atoms with E-state index in [2.05, 4.69) is 10.2 Å². The first-order valence-electron chi connectivity index (χ1n) is 5.99. The lowest BCUT2D eigenvalue weighted by Crippen LogP contribution is -2.19. The Kier molecular flexibility index (Phi) is 4.24. The third-order valence-electron chi connectivity index (χ3n) is 3.00. The molecule has 1 aromatic rings. The fraction of sp³-hybridized carbons (Fsp3) is 0.800. The summed E-state index contributed by atoms with van der Waals surface area (Å²) >= 11 is 0. The van der Waals surface area contributed by atoms with Gasteiger partial charge >= 0.3 is 0 Å². The van der Waals surface area contributed by atoms with Gasteiger partial charge in [-0.3, -0.25) is 0 Å². The Labute approximate surface area is 111 Å². The molecule has 18 heavy (non-hydrogen) atoms. The van der Waals surface area contributed by atoms with Crippen molar-refractivity contribution in [3.05, 3.63) is 5.82 Å². The van der Waals surface area contributed by atoms with Crippen LogP contribution in [0.1, 0.15) is 37.9 Å². The first kappa shape index (κ1) is 13.8. The molecule has 0 aromatic carbocycles. The summed E-state index contributed by atoms with van der Waals surface area (Å²) in [6.45, 7) is 3.87.